The summed E-state index contributed by atoms with van der Waals surface area (Å²) >= 11 is 4.77. The van der Waals surface area contributed by atoms with Gasteiger partial charge in [0, 0.05) is 23.1 Å². The molecule has 2 rings (SSSR count). The Kier molecular flexibility index (Phi) is 4.55. The number of halogens is 1. The first-order chi connectivity index (χ1) is 9.08. The topological polar surface area (TPSA) is 42.4 Å². The van der Waals surface area contributed by atoms with Crippen LogP contribution in [0.5, 0.6) is 5.75 Å². The van der Waals surface area contributed by atoms with E-state index in [0.717, 1.165) is 4.47 Å². The fraction of sp³-hybridized carbons (Fsp3) is 0.231. The van der Waals surface area contributed by atoms with Crippen molar-refractivity contribution >= 4 is 38.3 Å². The second-order valence-electron chi connectivity index (χ2n) is 3.93. The minimum atomic E-state index is -0.560. The Morgan fingerprint density at radius 3 is 2.68 bits per heavy atom. The van der Waals surface area contributed by atoms with Crippen LogP contribution in [0.1, 0.15) is 6.92 Å². The normalized spacial score (nSPS) is 11.9. The van der Waals surface area contributed by atoms with E-state index in [9.17, 15) is 4.79 Å². The summed E-state index contributed by atoms with van der Waals surface area (Å²) in [5.41, 5.74) is 0. The van der Waals surface area contributed by atoms with Gasteiger partial charge in [-0.15, -0.1) is 11.3 Å². The number of anilines is 1. The van der Waals surface area contributed by atoms with Gasteiger partial charge in [0.15, 0.2) is 11.2 Å². The highest BCUT2D eigenvalue weighted by Crippen LogP contribution is 2.20. The largest absolute Gasteiger partial charge is 0.481 e. The molecule has 1 aromatic heterocycles. The fourth-order valence-electron chi connectivity index (χ4n) is 1.52. The van der Waals surface area contributed by atoms with Gasteiger partial charge in [0.2, 0.25) is 0 Å². The highest BCUT2D eigenvalue weighted by atomic mass is 79.9. The Morgan fingerprint density at radius 2 is 2.11 bits per heavy atom. The lowest BCUT2D eigenvalue weighted by Crippen LogP contribution is -2.37. The van der Waals surface area contributed by atoms with Crippen molar-refractivity contribution in [2.24, 2.45) is 0 Å². The van der Waals surface area contributed by atoms with Crippen molar-refractivity contribution in [3.8, 4) is 5.75 Å². The monoisotopic (exact) mass is 340 g/mol. The molecule has 0 fully saturated rings. The van der Waals surface area contributed by atoms with Crippen LogP contribution < -0.4 is 9.64 Å². The molecule has 0 aliphatic rings. The first-order valence-corrected chi connectivity index (χ1v) is 7.34. The molecule has 0 bridgehead atoms. The van der Waals surface area contributed by atoms with E-state index in [-0.39, 0.29) is 5.91 Å². The van der Waals surface area contributed by atoms with Crippen LogP contribution in [0.3, 0.4) is 0 Å². The second kappa shape index (κ2) is 6.16. The third-order valence-electron chi connectivity index (χ3n) is 2.51. The minimum absolute atomic E-state index is 0.127. The van der Waals surface area contributed by atoms with Crippen molar-refractivity contribution in [2.75, 3.05) is 11.9 Å². The Hall–Kier alpha value is -1.40. The second-order valence-corrected chi connectivity index (χ2v) is 5.71. The number of likely N-dealkylation sites (N-methyl/N-ethyl adjacent to an activating group) is 1. The average Bonchev–Trinajstić information content (AvgIpc) is 2.93. The van der Waals surface area contributed by atoms with Gasteiger partial charge in [0.05, 0.1) is 0 Å². The molecular formula is C13H13BrN2O2S. The highest BCUT2D eigenvalue weighted by Gasteiger charge is 2.21. The summed E-state index contributed by atoms with van der Waals surface area (Å²) in [6.45, 7) is 1.73. The highest BCUT2D eigenvalue weighted by molar-refractivity contribution is 9.10. The number of benzene rings is 1. The van der Waals surface area contributed by atoms with E-state index >= 15 is 0 Å². The molecule has 0 aliphatic heterocycles. The summed E-state index contributed by atoms with van der Waals surface area (Å²) in [4.78, 5) is 17.8. The maximum atomic E-state index is 12.2. The summed E-state index contributed by atoms with van der Waals surface area (Å²) in [6.07, 6.45) is 1.11. The van der Waals surface area contributed by atoms with Gasteiger partial charge in [0.1, 0.15) is 5.75 Å². The van der Waals surface area contributed by atoms with Crippen molar-refractivity contribution in [1.29, 1.82) is 0 Å². The number of rotatable bonds is 4. The zero-order valence-electron chi connectivity index (χ0n) is 10.5. The summed E-state index contributed by atoms with van der Waals surface area (Å²) in [6, 6.07) is 7.38. The molecule has 0 spiro atoms. The quantitative estimate of drug-likeness (QED) is 0.857. The molecule has 1 atom stereocenters. The molecule has 4 nitrogen and oxygen atoms in total. The van der Waals surface area contributed by atoms with E-state index in [1.807, 2.05) is 29.6 Å². The summed E-state index contributed by atoms with van der Waals surface area (Å²) < 4.78 is 6.59. The van der Waals surface area contributed by atoms with Crippen LogP contribution in [0, 0.1) is 0 Å². The molecule has 19 heavy (non-hydrogen) atoms. The molecule has 1 aromatic carbocycles. The third-order valence-corrected chi connectivity index (χ3v) is 3.89. The first kappa shape index (κ1) is 14.0. The van der Waals surface area contributed by atoms with E-state index in [0.29, 0.717) is 10.9 Å². The Balaban J connectivity index is 2.01. The maximum absolute atomic E-state index is 12.2. The Bertz CT molecular complexity index is 542. The molecule has 100 valence electrons. The zero-order chi connectivity index (χ0) is 13.8. The van der Waals surface area contributed by atoms with Crippen molar-refractivity contribution in [3.05, 3.63) is 40.3 Å². The molecule has 0 aliphatic carbocycles. The van der Waals surface area contributed by atoms with Gasteiger partial charge in [-0.3, -0.25) is 9.69 Å². The first-order valence-electron chi connectivity index (χ1n) is 5.67. The van der Waals surface area contributed by atoms with Crippen LogP contribution in [0.4, 0.5) is 5.13 Å². The predicted molar refractivity (Wildman–Crippen MR) is 79.8 cm³/mol. The fourth-order valence-corrected chi connectivity index (χ4v) is 2.39. The number of hydrogen-bond donors (Lipinski definition) is 0. The molecule has 1 amide bonds. The lowest BCUT2D eigenvalue weighted by Gasteiger charge is -2.20. The number of aromatic nitrogens is 1. The van der Waals surface area contributed by atoms with Crippen molar-refractivity contribution in [1.82, 2.24) is 4.98 Å². The number of thiazole rings is 1. The molecule has 6 heteroatoms. The smallest absolute Gasteiger partial charge is 0.269 e. The van der Waals surface area contributed by atoms with E-state index in [1.165, 1.54) is 16.2 Å². The van der Waals surface area contributed by atoms with Crippen molar-refractivity contribution < 1.29 is 9.53 Å². The van der Waals surface area contributed by atoms with Crippen LogP contribution in [0.25, 0.3) is 0 Å². The molecular weight excluding hydrogens is 328 g/mol. The van der Waals surface area contributed by atoms with Crippen LogP contribution in [-0.4, -0.2) is 24.0 Å². The van der Waals surface area contributed by atoms with E-state index in [2.05, 4.69) is 20.9 Å². The number of hydrogen-bond acceptors (Lipinski definition) is 4. The number of ether oxygens (including phenoxy) is 1. The number of carbonyl (C=O) groups excluding carboxylic acids is 1. The number of amides is 1. The van der Waals surface area contributed by atoms with E-state index in [4.69, 9.17) is 4.74 Å². The number of carbonyl (C=O) groups is 1. The molecule has 0 saturated carbocycles. The van der Waals surface area contributed by atoms with Crippen molar-refractivity contribution in [3.63, 3.8) is 0 Å². The predicted octanol–water partition coefficient (Wildman–Crippen LogP) is 3.34. The van der Waals surface area contributed by atoms with Gasteiger partial charge in [-0.2, -0.15) is 0 Å². The maximum Gasteiger partial charge on any atom is 0.269 e. The molecule has 0 unspecified atom stereocenters. The van der Waals surface area contributed by atoms with Gasteiger partial charge < -0.3 is 4.74 Å². The Morgan fingerprint density at radius 1 is 1.42 bits per heavy atom. The SMILES string of the molecule is C[C@H](Oc1ccc(Br)cc1)C(=O)N(C)c1nccs1. The van der Waals surface area contributed by atoms with Crippen LogP contribution in [-0.2, 0) is 4.79 Å². The summed E-state index contributed by atoms with van der Waals surface area (Å²) in [5.74, 6) is 0.537. The lowest BCUT2D eigenvalue weighted by molar-refractivity contribution is -0.124. The van der Waals surface area contributed by atoms with Gasteiger partial charge in [0.25, 0.3) is 5.91 Å². The summed E-state index contributed by atoms with van der Waals surface area (Å²) in [5, 5.41) is 2.50. The Labute approximate surface area is 124 Å². The lowest BCUT2D eigenvalue weighted by atomic mass is 10.3. The zero-order valence-corrected chi connectivity index (χ0v) is 12.9. The van der Waals surface area contributed by atoms with Gasteiger partial charge in [-0.1, -0.05) is 15.9 Å². The van der Waals surface area contributed by atoms with Crippen LogP contribution in [0.2, 0.25) is 0 Å². The molecule has 0 N–H and O–H groups in total. The summed E-state index contributed by atoms with van der Waals surface area (Å²) in [7, 11) is 1.70. The average molecular weight is 341 g/mol. The molecule has 0 saturated heterocycles. The molecule has 2 aromatic rings. The standard InChI is InChI=1S/C13H13BrN2O2S/c1-9(18-11-5-3-10(14)4-6-11)12(17)16(2)13-15-7-8-19-13/h3-9H,1-2H3/t9-/m0/s1. The minimum Gasteiger partial charge on any atom is -0.481 e. The van der Waals surface area contributed by atoms with E-state index in [1.54, 1.807) is 20.2 Å². The van der Waals surface area contributed by atoms with Crippen LogP contribution >= 0.6 is 27.3 Å². The van der Waals surface area contributed by atoms with Crippen LogP contribution in [0.15, 0.2) is 40.3 Å². The molecule has 1 heterocycles. The number of nitrogens with zero attached hydrogens (tertiary/aromatic N) is 2. The van der Waals surface area contributed by atoms with Gasteiger partial charge in [-0.25, -0.2) is 4.98 Å². The van der Waals surface area contributed by atoms with Gasteiger partial charge >= 0.3 is 0 Å². The van der Waals surface area contributed by atoms with Crippen molar-refractivity contribution in [2.45, 2.75) is 13.0 Å². The van der Waals surface area contributed by atoms with E-state index < -0.39 is 6.10 Å². The van der Waals surface area contributed by atoms with Gasteiger partial charge in [-0.05, 0) is 31.2 Å². The third kappa shape index (κ3) is 3.54. The molecule has 0 radical (unpaired) electrons.